The van der Waals surface area contributed by atoms with E-state index in [2.05, 4.69) is 5.32 Å². The molecule has 2 rings (SSSR count). The number of nitrogens with one attached hydrogen (secondary N) is 1. The molecule has 0 radical (unpaired) electrons. The van der Waals surface area contributed by atoms with Gasteiger partial charge in [0.2, 0.25) is 0 Å². The quantitative estimate of drug-likeness (QED) is 0.887. The van der Waals surface area contributed by atoms with E-state index in [4.69, 9.17) is 0 Å². The summed E-state index contributed by atoms with van der Waals surface area (Å²) in [5, 5.41) is 12.7. The van der Waals surface area contributed by atoms with Crippen molar-refractivity contribution in [3.8, 4) is 0 Å². The van der Waals surface area contributed by atoms with E-state index in [-0.39, 0.29) is 24.3 Å². The van der Waals surface area contributed by atoms with Gasteiger partial charge >= 0.3 is 6.18 Å². The first kappa shape index (κ1) is 14.3. The highest BCUT2D eigenvalue weighted by Crippen LogP contribution is 2.32. The van der Waals surface area contributed by atoms with Crippen LogP contribution >= 0.6 is 0 Å². The van der Waals surface area contributed by atoms with Crippen LogP contribution in [0.3, 0.4) is 0 Å². The first-order valence-corrected chi connectivity index (χ1v) is 6.53. The van der Waals surface area contributed by atoms with Gasteiger partial charge in [-0.25, -0.2) is 0 Å². The fourth-order valence-corrected chi connectivity index (χ4v) is 2.55. The molecule has 1 aliphatic rings. The van der Waals surface area contributed by atoms with Crippen molar-refractivity contribution in [2.45, 2.75) is 50.6 Å². The van der Waals surface area contributed by atoms with Crippen molar-refractivity contribution in [3.63, 3.8) is 0 Å². The summed E-state index contributed by atoms with van der Waals surface area (Å²) >= 11 is 0. The Morgan fingerprint density at radius 2 is 1.95 bits per heavy atom. The lowest BCUT2D eigenvalue weighted by atomic mass is 9.93. The first-order valence-electron chi connectivity index (χ1n) is 6.53. The van der Waals surface area contributed by atoms with Gasteiger partial charge in [-0.1, -0.05) is 18.2 Å². The molecular formula is C14H18F3NO. The number of aliphatic hydroxyl groups is 1. The van der Waals surface area contributed by atoms with Crippen molar-refractivity contribution in [2.75, 3.05) is 0 Å². The van der Waals surface area contributed by atoms with E-state index in [0.29, 0.717) is 6.42 Å². The lowest BCUT2D eigenvalue weighted by molar-refractivity contribution is -0.138. The normalized spacial score (nSPS) is 24.4. The number of benzene rings is 1. The van der Waals surface area contributed by atoms with Crippen LogP contribution in [0.1, 0.15) is 36.8 Å². The Kier molecular flexibility index (Phi) is 4.47. The highest BCUT2D eigenvalue weighted by atomic mass is 19.4. The van der Waals surface area contributed by atoms with Crippen molar-refractivity contribution in [1.82, 2.24) is 5.32 Å². The summed E-state index contributed by atoms with van der Waals surface area (Å²) in [5.74, 6) is 0. The first-order chi connectivity index (χ1) is 8.97. The standard InChI is InChI=1S/C14H18F3NO/c15-14(16,17)13-7-2-1-4-10(13)9-18-11-5-3-6-12(19)8-11/h1-2,4,7,11-12,18-19H,3,5-6,8-9H2. The zero-order valence-electron chi connectivity index (χ0n) is 10.6. The number of rotatable bonds is 3. The molecule has 0 heterocycles. The van der Waals surface area contributed by atoms with Crippen LogP contribution in [0.15, 0.2) is 24.3 Å². The van der Waals surface area contributed by atoms with Crippen LogP contribution in [0.2, 0.25) is 0 Å². The van der Waals surface area contributed by atoms with Crippen molar-refractivity contribution in [3.05, 3.63) is 35.4 Å². The molecule has 0 spiro atoms. The Balaban J connectivity index is 1.99. The summed E-state index contributed by atoms with van der Waals surface area (Å²) in [7, 11) is 0. The summed E-state index contributed by atoms with van der Waals surface area (Å²) in [6.07, 6.45) is -1.41. The predicted octanol–water partition coefficient (Wildman–Crippen LogP) is 3.10. The van der Waals surface area contributed by atoms with Crippen molar-refractivity contribution >= 4 is 0 Å². The fraction of sp³-hybridized carbons (Fsp3) is 0.571. The molecule has 0 bridgehead atoms. The van der Waals surface area contributed by atoms with Gasteiger partial charge in [0.15, 0.2) is 0 Å². The Hall–Kier alpha value is -1.07. The number of hydrogen-bond donors (Lipinski definition) is 2. The van der Waals surface area contributed by atoms with E-state index in [0.717, 1.165) is 25.3 Å². The lowest BCUT2D eigenvalue weighted by Crippen LogP contribution is -2.36. The van der Waals surface area contributed by atoms with Crippen LogP contribution in [0.25, 0.3) is 0 Å². The Labute approximate surface area is 110 Å². The molecule has 1 fully saturated rings. The van der Waals surface area contributed by atoms with Gasteiger partial charge in [0.25, 0.3) is 0 Å². The van der Waals surface area contributed by atoms with Gasteiger partial charge in [0.1, 0.15) is 0 Å². The van der Waals surface area contributed by atoms with Gasteiger partial charge in [0.05, 0.1) is 11.7 Å². The molecule has 0 amide bonds. The molecular weight excluding hydrogens is 255 g/mol. The van der Waals surface area contributed by atoms with E-state index in [9.17, 15) is 18.3 Å². The number of alkyl halides is 3. The van der Waals surface area contributed by atoms with Crippen molar-refractivity contribution in [1.29, 1.82) is 0 Å². The van der Waals surface area contributed by atoms with E-state index in [1.807, 2.05) is 0 Å². The maximum absolute atomic E-state index is 12.8. The minimum atomic E-state index is -4.32. The third kappa shape index (κ3) is 3.94. The highest BCUT2D eigenvalue weighted by Gasteiger charge is 2.32. The van der Waals surface area contributed by atoms with Crippen molar-refractivity contribution in [2.24, 2.45) is 0 Å². The SMILES string of the molecule is OC1CCCC(NCc2ccccc2C(F)(F)F)C1. The van der Waals surface area contributed by atoms with Gasteiger partial charge in [-0.2, -0.15) is 13.2 Å². The maximum Gasteiger partial charge on any atom is 0.416 e. The monoisotopic (exact) mass is 273 g/mol. The lowest BCUT2D eigenvalue weighted by Gasteiger charge is -2.27. The van der Waals surface area contributed by atoms with E-state index >= 15 is 0 Å². The largest absolute Gasteiger partial charge is 0.416 e. The van der Waals surface area contributed by atoms with Crippen LogP contribution in [0.4, 0.5) is 13.2 Å². The summed E-state index contributed by atoms with van der Waals surface area (Å²) in [6, 6.07) is 5.71. The second-order valence-corrected chi connectivity index (χ2v) is 5.05. The molecule has 1 aromatic carbocycles. The number of hydrogen-bond acceptors (Lipinski definition) is 2. The molecule has 1 aromatic rings. The van der Waals surface area contributed by atoms with Gasteiger partial charge in [-0.3, -0.25) is 0 Å². The Morgan fingerprint density at radius 1 is 1.21 bits per heavy atom. The molecule has 5 heteroatoms. The Morgan fingerprint density at radius 3 is 2.63 bits per heavy atom. The molecule has 1 saturated carbocycles. The summed E-state index contributed by atoms with van der Waals surface area (Å²) in [5.41, 5.74) is -0.325. The van der Waals surface area contributed by atoms with E-state index < -0.39 is 11.7 Å². The number of aliphatic hydroxyl groups excluding tert-OH is 1. The minimum Gasteiger partial charge on any atom is -0.393 e. The van der Waals surface area contributed by atoms with Gasteiger partial charge < -0.3 is 10.4 Å². The highest BCUT2D eigenvalue weighted by molar-refractivity contribution is 5.29. The summed E-state index contributed by atoms with van der Waals surface area (Å²) in [6.45, 7) is 0.188. The molecule has 106 valence electrons. The molecule has 0 aliphatic heterocycles. The predicted molar refractivity (Wildman–Crippen MR) is 66.5 cm³/mol. The van der Waals surface area contributed by atoms with Gasteiger partial charge in [0, 0.05) is 12.6 Å². The van der Waals surface area contributed by atoms with Crippen molar-refractivity contribution < 1.29 is 18.3 Å². The maximum atomic E-state index is 12.8. The molecule has 0 aromatic heterocycles. The van der Waals surface area contributed by atoms with Gasteiger partial charge in [-0.15, -0.1) is 0 Å². The molecule has 19 heavy (non-hydrogen) atoms. The van der Waals surface area contributed by atoms with Gasteiger partial charge in [-0.05, 0) is 37.3 Å². The molecule has 2 unspecified atom stereocenters. The fourth-order valence-electron chi connectivity index (χ4n) is 2.55. The molecule has 0 saturated heterocycles. The van der Waals surface area contributed by atoms with Crippen LogP contribution in [-0.2, 0) is 12.7 Å². The van der Waals surface area contributed by atoms with Crippen LogP contribution in [0.5, 0.6) is 0 Å². The van der Waals surface area contributed by atoms with Crippen LogP contribution in [-0.4, -0.2) is 17.3 Å². The zero-order valence-corrected chi connectivity index (χ0v) is 10.6. The van der Waals surface area contributed by atoms with Crippen LogP contribution < -0.4 is 5.32 Å². The third-order valence-corrected chi connectivity index (χ3v) is 3.55. The smallest absolute Gasteiger partial charge is 0.393 e. The van der Waals surface area contributed by atoms with Crippen LogP contribution in [0, 0.1) is 0 Å². The topological polar surface area (TPSA) is 32.3 Å². The molecule has 2 nitrogen and oxygen atoms in total. The molecule has 1 aliphatic carbocycles. The third-order valence-electron chi connectivity index (χ3n) is 3.55. The molecule has 2 N–H and O–H groups in total. The summed E-state index contributed by atoms with van der Waals surface area (Å²) in [4.78, 5) is 0. The number of halogens is 3. The summed E-state index contributed by atoms with van der Waals surface area (Å²) < 4.78 is 38.4. The van der Waals surface area contributed by atoms with E-state index in [1.165, 1.54) is 12.1 Å². The second kappa shape index (κ2) is 5.92. The second-order valence-electron chi connectivity index (χ2n) is 5.05. The minimum absolute atomic E-state index is 0.102. The molecule has 2 atom stereocenters. The average Bonchev–Trinajstić information content (AvgIpc) is 2.36. The Bertz CT molecular complexity index is 419. The zero-order chi connectivity index (χ0) is 13.9. The van der Waals surface area contributed by atoms with E-state index in [1.54, 1.807) is 6.07 Å². The average molecular weight is 273 g/mol.